The van der Waals surface area contributed by atoms with Crippen LogP contribution in [0.4, 0.5) is 11.4 Å². The number of ether oxygens (including phenoxy) is 2. The smallest absolute Gasteiger partial charge is 0.263 e. The van der Waals surface area contributed by atoms with E-state index in [0.717, 1.165) is 6.07 Å². The number of sulfonamides is 2. The van der Waals surface area contributed by atoms with Gasteiger partial charge in [0, 0.05) is 0 Å². The highest BCUT2D eigenvalue weighted by atomic mass is 35.5. The van der Waals surface area contributed by atoms with Crippen molar-refractivity contribution in [1.29, 1.82) is 0 Å². The third-order valence-corrected chi connectivity index (χ3v) is 7.43. The van der Waals surface area contributed by atoms with Crippen LogP contribution >= 0.6 is 11.6 Å². The van der Waals surface area contributed by atoms with Gasteiger partial charge in [0.05, 0.1) is 35.5 Å². The van der Waals surface area contributed by atoms with Crippen molar-refractivity contribution < 1.29 is 26.3 Å². The van der Waals surface area contributed by atoms with Gasteiger partial charge in [-0.3, -0.25) is 9.44 Å². The molecule has 0 aliphatic rings. The molecule has 3 aromatic rings. The van der Waals surface area contributed by atoms with Crippen molar-refractivity contribution in [3.8, 4) is 11.5 Å². The summed E-state index contributed by atoms with van der Waals surface area (Å²) in [6.07, 6.45) is 0. The van der Waals surface area contributed by atoms with E-state index in [9.17, 15) is 16.8 Å². The average Bonchev–Trinajstić information content (AvgIpc) is 2.73. The van der Waals surface area contributed by atoms with Crippen molar-refractivity contribution in [3.63, 3.8) is 0 Å². The molecule has 0 aliphatic heterocycles. The predicted molar refractivity (Wildman–Crippen MR) is 119 cm³/mol. The number of methoxy groups -OCH3 is 2. The summed E-state index contributed by atoms with van der Waals surface area (Å²) in [4.78, 5) is -0.338. The SMILES string of the molecule is COc1ccccc1NS(=O)(=O)c1ccc(OC)c(NS(=O)(=O)c2ccccc2Cl)c1. The highest BCUT2D eigenvalue weighted by molar-refractivity contribution is 7.93. The fraction of sp³-hybridized carbons (Fsp3) is 0.100. The Hall–Kier alpha value is -2.95. The van der Waals surface area contributed by atoms with Crippen molar-refractivity contribution in [3.05, 3.63) is 71.8 Å². The van der Waals surface area contributed by atoms with Gasteiger partial charge in [-0.25, -0.2) is 16.8 Å². The summed E-state index contributed by atoms with van der Waals surface area (Å²) in [7, 11) is -5.42. The fourth-order valence-electron chi connectivity index (χ4n) is 2.73. The summed E-state index contributed by atoms with van der Waals surface area (Å²) in [5.41, 5.74) is 0.171. The van der Waals surface area contributed by atoms with Crippen LogP contribution in [0.2, 0.25) is 5.02 Å². The second-order valence-electron chi connectivity index (χ2n) is 6.20. The van der Waals surface area contributed by atoms with E-state index in [4.69, 9.17) is 21.1 Å². The fourth-order valence-corrected chi connectivity index (χ4v) is 5.41. The molecule has 0 atom stereocenters. The van der Waals surface area contributed by atoms with Crippen LogP contribution in [0.5, 0.6) is 11.5 Å². The van der Waals surface area contributed by atoms with E-state index in [1.165, 1.54) is 44.6 Å². The molecular weight excluding hydrogens is 464 g/mol. The Morgan fingerprint density at radius 1 is 0.710 bits per heavy atom. The van der Waals surface area contributed by atoms with Crippen molar-refractivity contribution in [1.82, 2.24) is 0 Å². The van der Waals surface area contributed by atoms with Crippen molar-refractivity contribution in [2.75, 3.05) is 23.7 Å². The molecule has 0 saturated carbocycles. The predicted octanol–water partition coefficient (Wildman–Crippen LogP) is 3.96. The van der Waals surface area contributed by atoms with Crippen LogP contribution in [0, 0.1) is 0 Å². The van der Waals surface area contributed by atoms with Gasteiger partial charge in [-0.1, -0.05) is 35.9 Å². The minimum Gasteiger partial charge on any atom is -0.495 e. The Morgan fingerprint density at radius 3 is 1.97 bits per heavy atom. The van der Waals surface area contributed by atoms with E-state index in [0.29, 0.717) is 5.75 Å². The molecule has 0 fully saturated rings. The molecule has 0 aromatic heterocycles. The van der Waals surface area contributed by atoms with Gasteiger partial charge in [-0.15, -0.1) is 0 Å². The second-order valence-corrected chi connectivity index (χ2v) is 9.94. The van der Waals surface area contributed by atoms with Crippen LogP contribution in [0.3, 0.4) is 0 Å². The highest BCUT2D eigenvalue weighted by Crippen LogP contribution is 2.33. The molecule has 8 nitrogen and oxygen atoms in total. The van der Waals surface area contributed by atoms with E-state index in [-0.39, 0.29) is 31.9 Å². The Labute approximate surface area is 185 Å². The summed E-state index contributed by atoms with van der Waals surface area (Å²) < 4.78 is 66.5. The molecule has 0 radical (unpaired) electrons. The van der Waals surface area contributed by atoms with Crippen molar-refractivity contribution >= 4 is 43.0 Å². The first-order valence-electron chi connectivity index (χ1n) is 8.79. The number of nitrogens with one attached hydrogen (secondary N) is 2. The first kappa shape index (κ1) is 22.7. The van der Waals surface area contributed by atoms with E-state index >= 15 is 0 Å². The Bertz CT molecular complexity index is 1310. The lowest BCUT2D eigenvalue weighted by molar-refractivity contribution is 0.416. The molecule has 0 saturated heterocycles. The zero-order chi connectivity index (χ0) is 22.6. The maximum absolute atomic E-state index is 12.9. The average molecular weight is 483 g/mol. The lowest BCUT2D eigenvalue weighted by Crippen LogP contribution is -2.16. The zero-order valence-corrected chi connectivity index (χ0v) is 18.9. The lowest BCUT2D eigenvalue weighted by Gasteiger charge is -2.15. The molecule has 0 amide bonds. The van der Waals surface area contributed by atoms with Gasteiger partial charge in [0.2, 0.25) is 0 Å². The molecule has 0 unspecified atom stereocenters. The molecule has 0 heterocycles. The summed E-state index contributed by atoms with van der Waals surface area (Å²) in [5.74, 6) is 0.464. The van der Waals surface area contributed by atoms with Crippen LogP contribution in [-0.4, -0.2) is 31.1 Å². The largest absolute Gasteiger partial charge is 0.495 e. The van der Waals surface area contributed by atoms with Crippen LogP contribution in [0.15, 0.2) is 76.5 Å². The standard InChI is InChI=1S/C20H19ClN2O6S2/c1-28-18-9-5-4-8-16(18)22-30(24,25)14-11-12-19(29-2)17(13-14)23-31(26,27)20-10-6-3-7-15(20)21/h3-13,22-23H,1-2H3. The lowest BCUT2D eigenvalue weighted by atomic mass is 10.3. The van der Waals surface area contributed by atoms with Crippen LogP contribution in [0.1, 0.15) is 0 Å². The first-order chi connectivity index (χ1) is 14.7. The molecule has 0 spiro atoms. The molecule has 0 aliphatic carbocycles. The number of hydrogen-bond donors (Lipinski definition) is 2. The van der Waals surface area contributed by atoms with Crippen LogP contribution in [-0.2, 0) is 20.0 Å². The molecule has 3 rings (SSSR count). The van der Waals surface area contributed by atoms with Gasteiger partial charge in [0.15, 0.2) is 0 Å². The van der Waals surface area contributed by atoms with E-state index in [1.54, 1.807) is 30.3 Å². The van der Waals surface area contributed by atoms with Crippen LogP contribution in [0.25, 0.3) is 0 Å². The molecule has 3 aromatic carbocycles. The topological polar surface area (TPSA) is 111 Å². The Balaban J connectivity index is 2.00. The molecule has 164 valence electrons. The number of benzene rings is 3. The normalized spacial score (nSPS) is 11.6. The summed E-state index contributed by atoms with van der Waals surface area (Å²) >= 11 is 6.00. The number of hydrogen-bond acceptors (Lipinski definition) is 6. The zero-order valence-electron chi connectivity index (χ0n) is 16.5. The second kappa shape index (κ2) is 9.04. The maximum Gasteiger partial charge on any atom is 0.263 e. The van der Waals surface area contributed by atoms with E-state index in [1.807, 2.05) is 0 Å². The molecular formula is C20H19ClN2O6S2. The molecule has 2 N–H and O–H groups in total. The van der Waals surface area contributed by atoms with Gasteiger partial charge >= 0.3 is 0 Å². The minimum absolute atomic E-state index is 0.0237. The number of rotatable bonds is 8. The minimum atomic E-state index is -4.11. The monoisotopic (exact) mass is 482 g/mol. The van der Waals surface area contributed by atoms with Gasteiger partial charge in [-0.05, 0) is 42.5 Å². The number of halogens is 1. The van der Waals surface area contributed by atoms with Gasteiger partial charge in [-0.2, -0.15) is 0 Å². The van der Waals surface area contributed by atoms with Gasteiger partial charge in [0.1, 0.15) is 16.4 Å². The molecule has 11 heteroatoms. The molecule has 0 bridgehead atoms. The maximum atomic E-state index is 12.9. The van der Waals surface area contributed by atoms with Gasteiger partial charge < -0.3 is 9.47 Å². The Morgan fingerprint density at radius 2 is 1.29 bits per heavy atom. The summed E-state index contributed by atoms with van der Waals surface area (Å²) in [6.45, 7) is 0. The number of para-hydroxylation sites is 2. The number of anilines is 2. The third kappa shape index (κ3) is 5.04. The summed E-state index contributed by atoms with van der Waals surface area (Å²) in [6, 6.07) is 16.2. The van der Waals surface area contributed by atoms with Gasteiger partial charge in [0.25, 0.3) is 20.0 Å². The highest BCUT2D eigenvalue weighted by Gasteiger charge is 2.23. The van der Waals surface area contributed by atoms with E-state index in [2.05, 4.69) is 9.44 Å². The quantitative estimate of drug-likeness (QED) is 0.502. The summed E-state index contributed by atoms with van der Waals surface area (Å²) in [5, 5.41) is 0.0237. The van der Waals surface area contributed by atoms with Crippen molar-refractivity contribution in [2.45, 2.75) is 9.79 Å². The van der Waals surface area contributed by atoms with Crippen molar-refractivity contribution in [2.24, 2.45) is 0 Å². The molecule has 31 heavy (non-hydrogen) atoms. The van der Waals surface area contributed by atoms with Crippen LogP contribution < -0.4 is 18.9 Å². The first-order valence-corrected chi connectivity index (χ1v) is 12.1. The Kier molecular flexibility index (Phi) is 6.63. The third-order valence-electron chi connectivity index (χ3n) is 4.20. The van der Waals surface area contributed by atoms with E-state index < -0.39 is 20.0 Å².